The average molecular weight is 494 g/mol. The molecule has 1 atom stereocenters. The third-order valence-corrected chi connectivity index (χ3v) is 6.48. The van der Waals surface area contributed by atoms with E-state index in [9.17, 15) is 18.0 Å². The first kappa shape index (κ1) is 24.0. The van der Waals surface area contributed by atoms with Crippen molar-refractivity contribution in [2.75, 3.05) is 11.9 Å². The van der Waals surface area contributed by atoms with Gasteiger partial charge in [-0.25, -0.2) is 13.2 Å². The van der Waals surface area contributed by atoms with Crippen LogP contribution in [0.3, 0.4) is 0 Å². The minimum Gasteiger partial charge on any atom is -0.455 e. The van der Waals surface area contributed by atoms with Gasteiger partial charge in [0.2, 0.25) is 0 Å². The summed E-state index contributed by atoms with van der Waals surface area (Å²) in [6.07, 6.45) is 0. The summed E-state index contributed by atoms with van der Waals surface area (Å²) in [5.41, 5.74) is 1.88. The zero-order valence-corrected chi connectivity index (χ0v) is 19.8. The number of aliphatic imine (C=N–C) groups is 1. The zero-order valence-electron chi connectivity index (χ0n) is 19.0. The van der Waals surface area contributed by atoms with Gasteiger partial charge in [-0.05, 0) is 50.2 Å². The fourth-order valence-electron chi connectivity index (χ4n) is 3.31. The Morgan fingerprint density at radius 1 is 1.00 bits per heavy atom. The topological polar surface area (TPSA) is 123 Å². The summed E-state index contributed by atoms with van der Waals surface area (Å²) >= 11 is 0. The molecule has 35 heavy (non-hydrogen) atoms. The second kappa shape index (κ2) is 9.98. The van der Waals surface area contributed by atoms with Gasteiger partial charge in [-0.3, -0.25) is 14.5 Å². The van der Waals surface area contributed by atoms with Crippen LogP contribution in [-0.4, -0.2) is 38.8 Å². The molecular formula is C25H23N3O6S. The van der Waals surface area contributed by atoms with Crippen LogP contribution in [0.25, 0.3) is 0 Å². The number of sulfonamides is 1. The van der Waals surface area contributed by atoms with Crippen molar-refractivity contribution < 1.29 is 27.5 Å². The van der Waals surface area contributed by atoms with E-state index < -0.39 is 34.5 Å². The predicted molar refractivity (Wildman–Crippen MR) is 130 cm³/mol. The summed E-state index contributed by atoms with van der Waals surface area (Å²) in [4.78, 5) is 29.0. The highest BCUT2D eigenvalue weighted by Gasteiger charge is 2.31. The van der Waals surface area contributed by atoms with E-state index >= 15 is 0 Å². The monoisotopic (exact) mass is 493 g/mol. The number of carbonyl (C=O) groups excluding carboxylic acids is 2. The van der Waals surface area contributed by atoms with Crippen molar-refractivity contribution in [2.24, 2.45) is 4.99 Å². The SMILES string of the molecule is Cc1ccc(Oc2ccccc2NC(=O)COC(=O)[C@H](C)N=C2NS(=O)(=O)c3ccccc32)cc1. The molecule has 1 aliphatic heterocycles. The number of amides is 1. The Hall–Kier alpha value is -4.18. The minimum atomic E-state index is -3.72. The van der Waals surface area contributed by atoms with Crippen molar-refractivity contribution in [2.45, 2.75) is 24.8 Å². The van der Waals surface area contributed by atoms with Crippen molar-refractivity contribution in [3.63, 3.8) is 0 Å². The Balaban J connectivity index is 1.36. The van der Waals surface area contributed by atoms with Crippen LogP contribution < -0.4 is 14.8 Å². The number of nitrogens with zero attached hydrogens (tertiary/aromatic N) is 1. The van der Waals surface area contributed by atoms with Crippen molar-refractivity contribution in [3.8, 4) is 11.5 Å². The van der Waals surface area contributed by atoms with Crippen LogP contribution >= 0.6 is 0 Å². The van der Waals surface area contributed by atoms with Gasteiger partial charge >= 0.3 is 5.97 Å². The van der Waals surface area contributed by atoms with Gasteiger partial charge in [0, 0.05) is 5.56 Å². The van der Waals surface area contributed by atoms with Gasteiger partial charge in [-0.15, -0.1) is 0 Å². The third-order valence-electron chi connectivity index (χ3n) is 5.08. The van der Waals surface area contributed by atoms with E-state index in [1.165, 1.54) is 13.0 Å². The second-order valence-electron chi connectivity index (χ2n) is 7.82. The van der Waals surface area contributed by atoms with Gasteiger partial charge in [-0.2, -0.15) is 0 Å². The van der Waals surface area contributed by atoms with Crippen molar-refractivity contribution >= 4 is 33.4 Å². The third kappa shape index (κ3) is 5.67. The lowest BCUT2D eigenvalue weighted by molar-refractivity contribution is -0.148. The molecule has 0 radical (unpaired) electrons. The van der Waals surface area contributed by atoms with E-state index in [0.717, 1.165) is 5.56 Å². The number of rotatable bonds is 7. The first-order valence-electron chi connectivity index (χ1n) is 10.7. The van der Waals surface area contributed by atoms with Crippen molar-refractivity contribution in [1.82, 2.24) is 4.72 Å². The van der Waals surface area contributed by atoms with E-state index in [0.29, 0.717) is 22.7 Å². The van der Waals surface area contributed by atoms with Gasteiger partial charge < -0.3 is 14.8 Å². The molecule has 0 aromatic heterocycles. The number of benzene rings is 3. The maximum Gasteiger partial charge on any atom is 0.331 e. The molecule has 1 heterocycles. The van der Waals surface area contributed by atoms with Crippen LogP contribution in [-0.2, 0) is 24.3 Å². The standard InChI is InChI=1S/C25H23N3O6S/c1-16-11-13-18(14-12-16)34-21-9-5-4-8-20(21)27-23(29)15-33-25(30)17(2)26-24-19-7-3-6-10-22(19)35(31,32)28-24/h3-14,17H,15H2,1-2H3,(H,26,28)(H,27,29)/t17-/m0/s1. The van der Waals surface area contributed by atoms with E-state index in [1.807, 2.05) is 31.2 Å². The predicted octanol–water partition coefficient (Wildman–Crippen LogP) is 3.40. The van der Waals surface area contributed by atoms with Gasteiger partial charge in [0.25, 0.3) is 15.9 Å². The fourth-order valence-corrected chi connectivity index (χ4v) is 4.55. The number of para-hydroxylation sites is 2. The van der Waals surface area contributed by atoms with Gasteiger partial charge in [0.15, 0.2) is 12.4 Å². The molecule has 3 aromatic carbocycles. The molecule has 2 N–H and O–H groups in total. The Morgan fingerprint density at radius 3 is 2.46 bits per heavy atom. The van der Waals surface area contributed by atoms with Crippen LogP contribution in [0.1, 0.15) is 18.1 Å². The molecule has 10 heteroatoms. The van der Waals surface area contributed by atoms with E-state index in [-0.39, 0.29) is 10.7 Å². The smallest absolute Gasteiger partial charge is 0.331 e. The number of amidine groups is 1. The van der Waals surface area contributed by atoms with Gasteiger partial charge in [0.05, 0.1) is 10.6 Å². The lowest BCUT2D eigenvalue weighted by atomic mass is 10.2. The molecule has 9 nitrogen and oxygen atoms in total. The number of esters is 1. The first-order chi connectivity index (χ1) is 16.7. The number of nitrogens with one attached hydrogen (secondary N) is 2. The molecule has 0 saturated carbocycles. The maximum atomic E-state index is 12.4. The second-order valence-corrected chi connectivity index (χ2v) is 9.47. The number of carbonyl (C=O) groups is 2. The van der Waals surface area contributed by atoms with E-state index in [2.05, 4.69) is 15.0 Å². The molecule has 0 spiro atoms. The van der Waals surface area contributed by atoms with Crippen LogP contribution in [0.2, 0.25) is 0 Å². The highest BCUT2D eigenvalue weighted by Crippen LogP contribution is 2.29. The molecule has 0 fully saturated rings. The molecule has 3 aromatic rings. The molecule has 180 valence electrons. The van der Waals surface area contributed by atoms with Gasteiger partial charge in [0.1, 0.15) is 17.6 Å². The quantitative estimate of drug-likeness (QED) is 0.487. The first-order valence-corrected chi connectivity index (χ1v) is 12.2. The van der Waals surface area contributed by atoms with Crippen molar-refractivity contribution in [3.05, 3.63) is 83.9 Å². The summed E-state index contributed by atoms with van der Waals surface area (Å²) < 4.78 is 37.6. The molecule has 0 unspecified atom stereocenters. The summed E-state index contributed by atoms with van der Waals surface area (Å²) in [6.45, 7) is 2.87. The maximum absolute atomic E-state index is 12.4. The molecule has 0 bridgehead atoms. The zero-order chi connectivity index (χ0) is 25.0. The Morgan fingerprint density at radius 2 is 1.69 bits per heavy atom. The largest absolute Gasteiger partial charge is 0.455 e. The lowest BCUT2D eigenvalue weighted by Gasteiger charge is -2.13. The van der Waals surface area contributed by atoms with E-state index in [1.54, 1.807) is 42.5 Å². The number of ether oxygens (including phenoxy) is 2. The Kier molecular flexibility index (Phi) is 6.83. The molecular weight excluding hydrogens is 470 g/mol. The molecule has 4 rings (SSSR count). The normalized spacial score (nSPS) is 15.5. The average Bonchev–Trinajstić information content (AvgIpc) is 3.10. The fraction of sp³-hybridized carbons (Fsp3) is 0.160. The molecule has 0 aliphatic carbocycles. The van der Waals surface area contributed by atoms with Crippen molar-refractivity contribution in [1.29, 1.82) is 0 Å². The van der Waals surface area contributed by atoms with E-state index in [4.69, 9.17) is 9.47 Å². The minimum absolute atomic E-state index is 0.0525. The number of hydrogen-bond acceptors (Lipinski definition) is 7. The highest BCUT2D eigenvalue weighted by atomic mass is 32.2. The Bertz CT molecular complexity index is 1400. The molecule has 1 amide bonds. The highest BCUT2D eigenvalue weighted by molar-refractivity contribution is 7.90. The number of anilines is 1. The lowest BCUT2D eigenvalue weighted by Crippen LogP contribution is -2.28. The molecule has 0 saturated heterocycles. The summed E-state index contributed by atoms with van der Waals surface area (Å²) in [6, 6.07) is 19.6. The van der Waals surface area contributed by atoms with Crippen LogP contribution in [0.5, 0.6) is 11.5 Å². The van der Waals surface area contributed by atoms with Gasteiger partial charge in [-0.1, -0.05) is 42.0 Å². The summed E-state index contributed by atoms with van der Waals surface area (Å²) in [5.74, 6) is -0.245. The number of fused-ring (bicyclic) bond motifs is 1. The summed E-state index contributed by atoms with van der Waals surface area (Å²) in [5, 5.41) is 2.66. The number of hydrogen-bond donors (Lipinski definition) is 2. The summed E-state index contributed by atoms with van der Waals surface area (Å²) in [7, 11) is -3.72. The van der Waals surface area contributed by atoms with Crippen LogP contribution in [0.15, 0.2) is 82.7 Å². The van der Waals surface area contributed by atoms with Crippen LogP contribution in [0.4, 0.5) is 5.69 Å². The number of aryl methyl sites for hydroxylation is 1. The van der Waals surface area contributed by atoms with Crippen LogP contribution in [0, 0.1) is 6.92 Å². The molecule has 1 aliphatic rings. The Labute approximate surface area is 202 Å².